The molecule has 0 radical (unpaired) electrons. The maximum absolute atomic E-state index is 13.0. The third-order valence-corrected chi connectivity index (χ3v) is 5.72. The van der Waals surface area contributed by atoms with Gasteiger partial charge in [-0.15, -0.1) is 0 Å². The molecular formula is C21H28N2O3S. The molecule has 0 unspecified atom stereocenters. The minimum atomic E-state index is -3.63. The van der Waals surface area contributed by atoms with E-state index in [0.717, 1.165) is 34.2 Å². The first-order chi connectivity index (χ1) is 12.5. The molecule has 0 aliphatic heterocycles. The Morgan fingerprint density at radius 3 is 1.96 bits per heavy atom. The van der Waals surface area contributed by atoms with Crippen LogP contribution in [0, 0.1) is 27.7 Å². The zero-order chi connectivity index (χ0) is 20.4. The third-order valence-electron chi connectivity index (χ3n) is 4.54. The summed E-state index contributed by atoms with van der Waals surface area (Å²) in [6.45, 7) is 9.62. The van der Waals surface area contributed by atoms with Crippen LogP contribution < -0.4 is 9.62 Å². The van der Waals surface area contributed by atoms with Crippen LogP contribution in [0.15, 0.2) is 36.4 Å². The van der Waals surface area contributed by atoms with Crippen molar-refractivity contribution in [1.82, 2.24) is 0 Å². The van der Waals surface area contributed by atoms with E-state index in [0.29, 0.717) is 12.1 Å². The molecule has 1 atom stereocenters. The number of nitrogens with zero attached hydrogens (tertiary/aromatic N) is 1. The number of hydrogen-bond donors (Lipinski definition) is 1. The van der Waals surface area contributed by atoms with Crippen LogP contribution in [0.2, 0.25) is 0 Å². The summed E-state index contributed by atoms with van der Waals surface area (Å²) in [6.07, 6.45) is 1.49. The van der Waals surface area contributed by atoms with Crippen molar-refractivity contribution in [3.8, 4) is 0 Å². The van der Waals surface area contributed by atoms with Crippen molar-refractivity contribution in [3.05, 3.63) is 58.7 Å². The lowest BCUT2D eigenvalue weighted by Gasteiger charge is -2.30. The van der Waals surface area contributed by atoms with Gasteiger partial charge in [-0.25, -0.2) is 8.42 Å². The van der Waals surface area contributed by atoms with E-state index in [1.54, 1.807) is 12.1 Å². The minimum Gasteiger partial charge on any atom is -0.324 e. The molecule has 0 fully saturated rings. The minimum absolute atomic E-state index is 0.335. The first kappa shape index (κ1) is 21.0. The molecule has 0 heterocycles. The largest absolute Gasteiger partial charge is 0.324 e. The van der Waals surface area contributed by atoms with Crippen molar-refractivity contribution in [2.24, 2.45) is 0 Å². The fourth-order valence-electron chi connectivity index (χ4n) is 3.34. The van der Waals surface area contributed by atoms with Crippen molar-refractivity contribution < 1.29 is 13.2 Å². The fourth-order valence-corrected chi connectivity index (χ4v) is 4.55. The van der Waals surface area contributed by atoms with Gasteiger partial charge in [-0.3, -0.25) is 9.10 Å². The number of carbonyl (C=O) groups is 1. The molecule has 0 aliphatic carbocycles. The summed E-state index contributed by atoms with van der Waals surface area (Å²) in [5.41, 5.74) is 5.28. The Morgan fingerprint density at radius 1 is 1.00 bits per heavy atom. The number of benzene rings is 2. The normalized spacial score (nSPS) is 12.5. The topological polar surface area (TPSA) is 66.5 Å². The Balaban J connectivity index is 2.42. The van der Waals surface area contributed by atoms with Crippen molar-refractivity contribution in [1.29, 1.82) is 0 Å². The number of carbonyl (C=O) groups excluding carboxylic acids is 1. The summed E-state index contributed by atoms with van der Waals surface area (Å²) in [5.74, 6) is -0.335. The molecule has 0 saturated heterocycles. The van der Waals surface area contributed by atoms with Gasteiger partial charge in [0.25, 0.3) is 0 Å². The molecule has 0 bridgehead atoms. The number of sulfonamides is 1. The molecular weight excluding hydrogens is 360 g/mol. The molecule has 2 rings (SSSR count). The molecule has 1 N–H and O–H groups in total. The smallest absolute Gasteiger partial charge is 0.248 e. The number of aryl methyl sites for hydroxylation is 4. The van der Waals surface area contributed by atoms with Gasteiger partial charge in [0.2, 0.25) is 15.9 Å². The first-order valence-electron chi connectivity index (χ1n) is 8.99. The van der Waals surface area contributed by atoms with E-state index >= 15 is 0 Å². The maximum atomic E-state index is 13.0. The number of hydrogen-bond acceptors (Lipinski definition) is 3. The lowest BCUT2D eigenvalue weighted by Crippen LogP contribution is -2.47. The van der Waals surface area contributed by atoms with Crippen LogP contribution in [-0.4, -0.2) is 26.6 Å². The molecule has 0 spiro atoms. The second kappa shape index (κ2) is 8.13. The van der Waals surface area contributed by atoms with Gasteiger partial charge >= 0.3 is 0 Å². The lowest BCUT2D eigenvalue weighted by molar-refractivity contribution is -0.117. The van der Waals surface area contributed by atoms with Crippen LogP contribution >= 0.6 is 0 Å². The van der Waals surface area contributed by atoms with E-state index < -0.39 is 16.1 Å². The average Bonchev–Trinajstić information content (AvgIpc) is 2.55. The highest BCUT2D eigenvalue weighted by molar-refractivity contribution is 7.92. The van der Waals surface area contributed by atoms with E-state index in [2.05, 4.69) is 5.32 Å². The molecule has 2 aromatic carbocycles. The summed E-state index contributed by atoms with van der Waals surface area (Å²) in [4.78, 5) is 13.0. The van der Waals surface area contributed by atoms with Gasteiger partial charge < -0.3 is 5.32 Å². The summed E-state index contributed by atoms with van der Waals surface area (Å²) in [5, 5.41) is 2.95. The molecule has 2 aromatic rings. The Hall–Kier alpha value is -2.34. The molecule has 0 aromatic heterocycles. The second-order valence-corrected chi connectivity index (χ2v) is 8.94. The van der Waals surface area contributed by atoms with E-state index in [4.69, 9.17) is 0 Å². The van der Waals surface area contributed by atoms with Gasteiger partial charge in [0.15, 0.2) is 0 Å². The van der Waals surface area contributed by atoms with Crippen molar-refractivity contribution >= 4 is 27.3 Å². The van der Waals surface area contributed by atoms with Gasteiger partial charge in [-0.1, -0.05) is 42.3 Å². The Kier molecular flexibility index (Phi) is 6.31. The van der Waals surface area contributed by atoms with E-state index in [1.807, 2.05) is 58.9 Å². The Labute approximate surface area is 162 Å². The third kappa shape index (κ3) is 4.89. The van der Waals surface area contributed by atoms with Crippen LogP contribution in [0.25, 0.3) is 0 Å². The summed E-state index contributed by atoms with van der Waals surface area (Å²) in [7, 11) is -3.63. The van der Waals surface area contributed by atoms with Crippen LogP contribution in [0.1, 0.15) is 35.6 Å². The molecule has 0 aliphatic rings. The van der Waals surface area contributed by atoms with Crippen molar-refractivity contribution in [2.45, 2.75) is 47.1 Å². The molecule has 0 saturated carbocycles. The monoisotopic (exact) mass is 388 g/mol. The summed E-state index contributed by atoms with van der Waals surface area (Å²) < 4.78 is 26.2. The zero-order valence-electron chi connectivity index (χ0n) is 16.8. The highest BCUT2D eigenvalue weighted by atomic mass is 32.2. The summed E-state index contributed by atoms with van der Waals surface area (Å²) in [6, 6.07) is 10.3. The van der Waals surface area contributed by atoms with Gasteiger partial charge in [0.05, 0.1) is 11.9 Å². The van der Waals surface area contributed by atoms with Crippen LogP contribution in [-0.2, 0) is 14.8 Å². The number of nitrogens with one attached hydrogen (secondary N) is 1. The van der Waals surface area contributed by atoms with Crippen LogP contribution in [0.5, 0.6) is 0 Å². The maximum Gasteiger partial charge on any atom is 0.248 e. The average molecular weight is 389 g/mol. The second-order valence-electron chi connectivity index (χ2n) is 7.08. The number of anilines is 2. The number of rotatable bonds is 6. The fraction of sp³-hybridized carbons (Fsp3) is 0.381. The summed E-state index contributed by atoms with van der Waals surface area (Å²) >= 11 is 0. The van der Waals surface area contributed by atoms with Gasteiger partial charge in [-0.2, -0.15) is 0 Å². The van der Waals surface area contributed by atoms with E-state index in [9.17, 15) is 13.2 Å². The number of amides is 1. The molecule has 5 nitrogen and oxygen atoms in total. The van der Waals surface area contributed by atoms with Gasteiger partial charge in [-0.05, 0) is 57.4 Å². The highest BCUT2D eigenvalue weighted by Crippen LogP contribution is 2.26. The van der Waals surface area contributed by atoms with Crippen molar-refractivity contribution in [3.63, 3.8) is 0 Å². The highest BCUT2D eigenvalue weighted by Gasteiger charge is 2.31. The molecule has 146 valence electrons. The van der Waals surface area contributed by atoms with Gasteiger partial charge in [0.1, 0.15) is 6.04 Å². The van der Waals surface area contributed by atoms with E-state index in [-0.39, 0.29) is 5.91 Å². The zero-order valence-corrected chi connectivity index (χ0v) is 17.6. The Bertz CT molecular complexity index is 911. The quantitative estimate of drug-likeness (QED) is 0.810. The molecule has 6 heteroatoms. The Morgan fingerprint density at radius 2 is 1.52 bits per heavy atom. The predicted octanol–water partition coefficient (Wildman–Crippen LogP) is 4.10. The SMILES string of the molecule is CC[C@@H](C(=O)Nc1c(C)cc(C)cc1C)N(c1ccc(C)cc1)S(C)(=O)=O. The molecule has 27 heavy (non-hydrogen) atoms. The van der Waals surface area contributed by atoms with Gasteiger partial charge in [0, 0.05) is 5.69 Å². The van der Waals surface area contributed by atoms with Crippen LogP contribution in [0.4, 0.5) is 11.4 Å². The standard InChI is InChI=1S/C21H28N2O3S/c1-7-19(21(24)22-20-16(4)12-15(3)13-17(20)5)23(27(6,25)26)18-10-8-14(2)9-11-18/h8-13,19H,7H2,1-6H3,(H,22,24)/t19-/m0/s1. The van der Waals surface area contributed by atoms with Crippen LogP contribution in [0.3, 0.4) is 0 Å². The van der Waals surface area contributed by atoms with Crippen molar-refractivity contribution in [2.75, 3.05) is 15.9 Å². The first-order valence-corrected chi connectivity index (χ1v) is 10.8. The lowest BCUT2D eigenvalue weighted by atomic mass is 10.0. The predicted molar refractivity (Wildman–Crippen MR) is 112 cm³/mol. The molecule has 1 amide bonds. The van der Waals surface area contributed by atoms with E-state index in [1.165, 1.54) is 4.31 Å².